The summed E-state index contributed by atoms with van der Waals surface area (Å²) >= 11 is 0. The zero-order chi connectivity index (χ0) is 9.84. The lowest BCUT2D eigenvalue weighted by molar-refractivity contribution is 0.632. The summed E-state index contributed by atoms with van der Waals surface area (Å²) in [6, 6.07) is 6.58. The Morgan fingerprint density at radius 2 is 1.77 bits per heavy atom. The van der Waals surface area contributed by atoms with Gasteiger partial charge in [-0.05, 0) is 37.0 Å². The molecule has 0 spiro atoms. The van der Waals surface area contributed by atoms with E-state index in [0.29, 0.717) is 0 Å². The van der Waals surface area contributed by atoms with Crippen molar-refractivity contribution >= 4 is 0 Å². The average molecular weight is 177 g/mol. The van der Waals surface area contributed by atoms with Crippen LogP contribution in [0, 0.1) is 13.8 Å². The van der Waals surface area contributed by atoms with E-state index in [-0.39, 0.29) is 6.04 Å². The predicted octanol–water partition coefficient (Wildman–Crippen LogP) is 3.10. The van der Waals surface area contributed by atoms with Gasteiger partial charge in [-0.1, -0.05) is 31.5 Å². The second-order valence-corrected chi connectivity index (χ2v) is 3.70. The van der Waals surface area contributed by atoms with Gasteiger partial charge in [-0.3, -0.25) is 0 Å². The van der Waals surface area contributed by atoms with E-state index in [0.717, 1.165) is 12.8 Å². The lowest BCUT2D eigenvalue weighted by atomic mass is 9.94. The highest BCUT2D eigenvalue weighted by Gasteiger charge is 2.09. The Hall–Kier alpha value is -0.820. The molecule has 0 radical (unpaired) electrons. The maximum absolute atomic E-state index is 6.11. The van der Waals surface area contributed by atoms with Crippen LogP contribution < -0.4 is 5.73 Å². The van der Waals surface area contributed by atoms with Crippen molar-refractivity contribution in [2.45, 2.75) is 39.7 Å². The fourth-order valence-corrected chi connectivity index (χ4v) is 1.87. The quantitative estimate of drug-likeness (QED) is 0.754. The van der Waals surface area contributed by atoms with Gasteiger partial charge < -0.3 is 5.73 Å². The van der Waals surface area contributed by atoms with Crippen LogP contribution in [0.3, 0.4) is 0 Å². The largest absolute Gasteiger partial charge is 0.324 e. The zero-order valence-corrected chi connectivity index (χ0v) is 8.80. The first-order valence-electron chi connectivity index (χ1n) is 4.98. The molecule has 1 heteroatoms. The van der Waals surface area contributed by atoms with E-state index in [1.807, 2.05) is 0 Å². The fourth-order valence-electron chi connectivity index (χ4n) is 1.87. The average Bonchev–Trinajstić information content (AvgIpc) is 2.04. The summed E-state index contributed by atoms with van der Waals surface area (Å²) in [6.07, 6.45) is 2.22. The smallest absolute Gasteiger partial charge is 0.0300 e. The van der Waals surface area contributed by atoms with Crippen LogP contribution in [0.1, 0.15) is 42.5 Å². The Labute approximate surface area is 81.0 Å². The maximum Gasteiger partial charge on any atom is 0.0300 e. The minimum Gasteiger partial charge on any atom is -0.324 e. The minimum absolute atomic E-state index is 0.214. The van der Waals surface area contributed by atoms with Gasteiger partial charge in [0.05, 0.1) is 0 Å². The summed E-state index contributed by atoms with van der Waals surface area (Å²) in [5.74, 6) is 0. The van der Waals surface area contributed by atoms with Crippen LogP contribution in [-0.4, -0.2) is 0 Å². The molecule has 13 heavy (non-hydrogen) atoms. The molecule has 1 rings (SSSR count). The van der Waals surface area contributed by atoms with E-state index in [1.54, 1.807) is 0 Å². The van der Waals surface area contributed by atoms with Gasteiger partial charge in [0.15, 0.2) is 0 Å². The molecular weight excluding hydrogens is 158 g/mol. The van der Waals surface area contributed by atoms with Crippen molar-refractivity contribution in [3.63, 3.8) is 0 Å². The number of nitrogens with two attached hydrogens (primary N) is 1. The van der Waals surface area contributed by atoms with Crippen LogP contribution >= 0.6 is 0 Å². The predicted molar refractivity (Wildman–Crippen MR) is 57.8 cm³/mol. The van der Waals surface area contributed by atoms with E-state index in [4.69, 9.17) is 5.73 Å². The molecule has 0 heterocycles. The Morgan fingerprint density at radius 1 is 1.23 bits per heavy atom. The molecule has 0 saturated carbocycles. The van der Waals surface area contributed by atoms with Crippen molar-refractivity contribution in [1.29, 1.82) is 0 Å². The fraction of sp³-hybridized carbons (Fsp3) is 0.500. The normalized spacial score (nSPS) is 12.9. The first-order valence-corrected chi connectivity index (χ1v) is 4.98. The van der Waals surface area contributed by atoms with Crippen molar-refractivity contribution < 1.29 is 0 Å². The third kappa shape index (κ3) is 2.31. The third-order valence-corrected chi connectivity index (χ3v) is 2.51. The molecule has 2 N–H and O–H groups in total. The van der Waals surface area contributed by atoms with Crippen LogP contribution in [-0.2, 0) is 0 Å². The monoisotopic (exact) mass is 177 g/mol. The van der Waals surface area contributed by atoms with Gasteiger partial charge in [-0.25, -0.2) is 0 Å². The van der Waals surface area contributed by atoms with Gasteiger partial charge >= 0.3 is 0 Å². The number of rotatable bonds is 3. The Balaban J connectivity index is 2.98. The summed E-state index contributed by atoms with van der Waals surface area (Å²) in [6.45, 7) is 6.45. The Kier molecular flexibility index (Phi) is 3.49. The standard InChI is InChI=1S/C12H19N/c1-4-6-11(13)12-9(2)7-5-8-10(12)3/h5,7-8,11H,4,6,13H2,1-3H3/t11-/m0/s1. The number of aryl methyl sites for hydroxylation is 2. The number of hydrogen-bond donors (Lipinski definition) is 1. The van der Waals surface area contributed by atoms with Crippen LogP contribution in [0.15, 0.2) is 18.2 Å². The van der Waals surface area contributed by atoms with Gasteiger partial charge in [-0.2, -0.15) is 0 Å². The third-order valence-electron chi connectivity index (χ3n) is 2.51. The molecule has 1 atom stereocenters. The molecule has 0 aromatic heterocycles. The van der Waals surface area contributed by atoms with E-state index in [1.165, 1.54) is 16.7 Å². The molecule has 0 aliphatic rings. The molecule has 0 fully saturated rings. The van der Waals surface area contributed by atoms with Crippen LogP contribution in [0.2, 0.25) is 0 Å². The van der Waals surface area contributed by atoms with Gasteiger partial charge in [0.25, 0.3) is 0 Å². The molecule has 0 aliphatic carbocycles. The van der Waals surface area contributed by atoms with E-state index in [2.05, 4.69) is 39.0 Å². The summed E-state index contributed by atoms with van der Waals surface area (Å²) in [4.78, 5) is 0. The van der Waals surface area contributed by atoms with Gasteiger partial charge in [0, 0.05) is 6.04 Å². The summed E-state index contributed by atoms with van der Waals surface area (Å²) in [5, 5.41) is 0. The minimum atomic E-state index is 0.214. The molecular formula is C12H19N. The van der Waals surface area contributed by atoms with Crippen molar-refractivity contribution in [1.82, 2.24) is 0 Å². The van der Waals surface area contributed by atoms with Gasteiger partial charge in [0.1, 0.15) is 0 Å². The van der Waals surface area contributed by atoms with Crippen LogP contribution in [0.25, 0.3) is 0 Å². The number of hydrogen-bond acceptors (Lipinski definition) is 1. The van der Waals surface area contributed by atoms with Crippen molar-refractivity contribution in [2.75, 3.05) is 0 Å². The zero-order valence-electron chi connectivity index (χ0n) is 8.80. The first kappa shape index (κ1) is 10.3. The maximum atomic E-state index is 6.11. The summed E-state index contributed by atoms with van der Waals surface area (Å²) < 4.78 is 0. The molecule has 1 nitrogen and oxygen atoms in total. The lowest BCUT2D eigenvalue weighted by Crippen LogP contribution is -2.12. The topological polar surface area (TPSA) is 26.0 Å². The second kappa shape index (κ2) is 4.43. The Morgan fingerprint density at radius 3 is 2.23 bits per heavy atom. The van der Waals surface area contributed by atoms with E-state index in [9.17, 15) is 0 Å². The highest BCUT2D eigenvalue weighted by Crippen LogP contribution is 2.22. The van der Waals surface area contributed by atoms with Gasteiger partial charge in [0.2, 0.25) is 0 Å². The highest BCUT2D eigenvalue weighted by molar-refractivity contribution is 5.35. The number of benzene rings is 1. The molecule has 0 bridgehead atoms. The van der Waals surface area contributed by atoms with Crippen LogP contribution in [0.5, 0.6) is 0 Å². The lowest BCUT2D eigenvalue weighted by Gasteiger charge is -2.16. The first-order chi connectivity index (χ1) is 6.16. The van der Waals surface area contributed by atoms with Crippen molar-refractivity contribution in [3.8, 4) is 0 Å². The molecule has 0 saturated heterocycles. The van der Waals surface area contributed by atoms with Crippen LogP contribution in [0.4, 0.5) is 0 Å². The van der Waals surface area contributed by atoms with Gasteiger partial charge in [-0.15, -0.1) is 0 Å². The van der Waals surface area contributed by atoms with E-state index >= 15 is 0 Å². The molecule has 0 amide bonds. The molecule has 0 unspecified atom stereocenters. The molecule has 1 aromatic rings. The summed E-state index contributed by atoms with van der Waals surface area (Å²) in [5.41, 5.74) is 10.1. The molecule has 0 aliphatic heterocycles. The second-order valence-electron chi connectivity index (χ2n) is 3.70. The Bertz CT molecular complexity index is 258. The molecule has 72 valence electrons. The van der Waals surface area contributed by atoms with Crippen molar-refractivity contribution in [2.24, 2.45) is 5.73 Å². The van der Waals surface area contributed by atoms with Crippen molar-refractivity contribution in [3.05, 3.63) is 34.9 Å². The molecule has 1 aromatic carbocycles. The SMILES string of the molecule is CCC[C@H](N)c1c(C)cccc1C. The highest BCUT2D eigenvalue weighted by atomic mass is 14.6. The summed E-state index contributed by atoms with van der Waals surface area (Å²) in [7, 11) is 0. The van der Waals surface area contributed by atoms with E-state index < -0.39 is 0 Å².